The molecule has 8 nitrogen and oxygen atoms in total. The van der Waals surface area contributed by atoms with Gasteiger partial charge in [0.1, 0.15) is 5.75 Å². The third-order valence-electron chi connectivity index (χ3n) is 7.01. The van der Waals surface area contributed by atoms with Crippen molar-refractivity contribution in [2.45, 2.75) is 32.1 Å². The van der Waals surface area contributed by atoms with Crippen molar-refractivity contribution in [2.75, 3.05) is 56.2 Å². The summed E-state index contributed by atoms with van der Waals surface area (Å²) in [5.74, 6) is 0.995. The second-order valence-corrected chi connectivity index (χ2v) is 9.10. The summed E-state index contributed by atoms with van der Waals surface area (Å²) in [6.45, 7) is 4.81. The average molecular weight is 467 g/mol. The highest BCUT2D eigenvalue weighted by Crippen LogP contribution is 2.30. The van der Waals surface area contributed by atoms with Crippen LogP contribution < -0.4 is 14.5 Å². The van der Waals surface area contributed by atoms with Gasteiger partial charge in [-0.25, -0.2) is 0 Å². The van der Waals surface area contributed by atoms with Crippen LogP contribution in [0.15, 0.2) is 48.5 Å². The Bertz CT molecular complexity index is 984. The molecule has 0 radical (unpaired) electrons. The minimum absolute atomic E-state index is 0.00963. The lowest BCUT2D eigenvalue weighted by Gasteiger charge is -2.38. The van der Waals surface area contributed by atoms with Crippen LogP contribution >= 0.6 is 0 Å². The number of carbonyl (C=O) groups is 1. The lowest BCUT2D eigenvalue weighted by molar-refractivity contribution is -0.384. The molecule has 2 aromatic carbocycles. The van der Waals surface area contributed by atoms with Crippen molar-refractivity contribution in [1.82, 2.24) is 4.90 Å². The van der Waals surface area contributed by atoms with E-state index in [1.54, 1.807) is 18.1 Å². The number of hydrogen-bond donors (Lipinski definition) is 0. The molecule has 0 N–H and O–H groups in total. The van der Waals surface area contributed by atoms with Crippen molar-refractivity contribution in [3.63, 3.8) is 0 Å². The fourth-order valence-corrected chi connectivity index (χ4v) is 5.06. The number of hydrogen-bond acceptors (Lipinski definition) is 6. The van der Waals surface area contributed by atoms with E-state index in [1.165, 1.54) is 18.6 Å². The minimum Gasteiger partial charge on any atom is -0.495 e. The molecule has 182 valence electrons. The maximum absolute atomic E-state index is 13.5. The predicted molar refractivity (Wildman–Crippen MR) is 134 cm³/mol. The second-order valence-electron chi connectivity index (χ2n) is 9.10. The lowest BCUT2D eigenvalue weighted by atomic mass is 9.88. The Morgan fingerprint density at radius 1 is 1.06 bits per heavy atom. The van der Waals surface area contributed by atoms with Crippen LogP contribution in [-0.4, -0.2) is 62.1 Å². The Morgan fingerprint density at radius 3 is 2.50 bits per heavy atom. The zero-order valence-corrected chi connectivity index (χ0v) is 19.9. The maximum atomic E-state index is 13.5. The third kappa shape index (κ3) is 5.67. The average Bonchev–Trinajstić information content (AvgIpc) is 2.89. The molecule has 0 unspecified atom stereocenters. The first-order valence-electron chi connectivity index (χ1n) is 12.2. The van der Waals surface area contributed by atoms with Crippen molar-refractivity contribution < 1.29 is 14.5 Å². The zero-order valence-electron chi connectivity index (χ0n) is 19.9. The van der Waals surface area contributed by atoms with E-state index in [1.807, 2.05) is 24.3 Å². The van der Waals surface area contributed by atoms with Crippen LogP contribution in [0.4, 0.5) is 17.1 Å². The summed E-state index contributed by atoms with van der Waals surface area (Å²) in [5, 5.41) is 11.3. The molecule has 0 aromatic heterocycles. The van der Waals surface area contributed by atoms with E-state index < -0.39 is 4.92 Å². The Balaban J connectivity index is 1.42. The number of ether oxygens (including phenoxy) is 1. The van der Waals surface area contributed by atoms with Gasteiger partial charge in [0.25, 0.3) is 5.69 Å². The molecular weight excluding hydrogens is 432 g/mol. The van der Waals surface area contributed by atoms with E-state index in [0.717, 1.165) is 69.8 Å². The molecule has 1 saturated heterocycles. The first kappa shape index (κ1) is 24.0. The van der Waals surface area contributed by atoms with Gasteiger partial charge in [0, 0.05) is 57.3 Å². The number of para-hydroxylation sites is 2. The zero-order chi connectivity index (χ0) is 23.9. The van der Waals surface area contributed by atoms with Crippen LogP contribution in [0.25, 0.3) is 0 Å². The van der Waals surface area contributed by atoms with E-state index in [2.05, 4.69) is 15.9 Å². The number of carbonyl (C=O) groups excluding carboxylic acids is 1. The number of amides is 1. The highest BCUT2D eigenvalue weighted by atomic mass is 16.6. The number of benzene rings is 2. The highest BCUT2D eigenvalue weighted by molar-refractivity contribution is 5.95. The van der Waals surface area contributed by atoms with Crippen molar-refractivity contribution in [3.8, 4) is 5.75 Å². The molecule has 1 heterocycles. The van der Waals surface area contributed by atoms with Gasteiger partial charge < -0.3 is 14.5 Å². The summed E-state index contributed by atoms with van der Waals surface area (Å²) < 4.78 is 5.52. The standard InChI is InChI=1S/C26H34N4O4/c1-34-25-13-6-5-12-24(25)28-17-14-27(15-18-28)16-19-29(26(31)21-8-3-2-4-9-21)22-10-7-11-23(20-22)30(32)33/h5-7,10-13,20-21H,2-4,8-9,14-19H2,1H3. The summed E-state index contributed by atoms with van der Waals surface area (Å²) in [4.78, 5) is 30.9. The predicted octanol–water partition coefficient (Wildman–Crippen LogP) is 4.34. The molecule has 1 saturated carbocycles. The molecule has 4 rings (SSSR count). The number of piperazine rings is 1. The van der Waals surface area contributed by atoms with Gasteiger partial charge in [-0.05, 0) is 31.0 Å². The molecule has 2 aliphatic rings. The van der Waals surface area contributed by atoms with Crippen molar-refractivity contribution in [1.29, 1.82) is 0 Å². The fourth-order valence-electron chi connectivity index (χ4n) is 5.06. The van der Waals surface area contributed by atoms with Crippen molar-refractivity contribution in [2.24, 2.45) is 5.92 Å². The second kappa shape index (κ2) is 11.3. The number of nitrogens with zero attached hydrogens (tertiary/aromatic N) is 4. The smallest absolute Gasteiger partial charge is 0.271 e. The normalized spacial score (nSPS) is 17.4. The van der Waals surface area contributed by atoms with E-state index in [-0.39, 0.29) is 17.5 Å². The molecule has 34 heavy (non-hydrogen) atoms. The number of rotatable bonds is 8. The third-order valence-corrected chi connectivity index (χ3v) is 7.01. The largest absolute Gasteiger partial charge is 0.495 e. The van der Waals surface area contributed by atoms with Gasteiger partial charge in [0.15, 0.2) is 0 Å². The van der Waals surface area contributed by atoms with Crippen LogP contribution in [0.3, 0.4) is 0 Å². The van der Waals surface area contributed by atoms with Crippen LogP contribution in [0, 0.1) is 16.0 Å². The maximum Gasteiger partial charge on any atom is 0.271 e. The topological polar surface area (TPSA) is 79.2 Å². The van der Waals surface area contributed by atoms with Crippen molar-refractivity contribution >= 4 is 23.0 Å². The SMILES string of the molecule is COc1ccccc1N1CCN(CCN(C(=O)C2CCCCC2)c2cccc([N+](=O)[O-])c2)CC1. The van der Waals surface area contributed by atoms with Gasteiger partial charge in [-0.1, -0.05) is 37.5 Å². The molecule has 1 aliphatic heterocycles. The Labute approximate surface area is 201 Å². The van der Waals surface area contributed by atoms with Gasteiger partial charge in [0.2, 0.25) is 5.91 Å². The number of non-ortho nitro benzene ring substituents is 1. The number of methoxy groups -OCH3 is 1. The molecule has 2 aromatic rings. The highest BCUT2D eigenvalue weighted by Gasteiger charge is 2.28. The van der Waals surface area contributed by atoms with Crippen LogP contribution in [-0.2, 0) is 4.79 Å². The molecule has 0 bridgehead atoms. The van der Waals surface area contributed by atoms with E-state index in [9.17, 15) is 14.9 Å². The Morgan fingerprint density at radius 2 is 1.79 bits per heavy atom. The van der Waals surface area contributed by atoms with E-state index in [4.69, 9.17) is 4.74 Å². The monoisotopic (exact) mass is 466 g/mol. The molecule has 8 heteroatoms. The molecular formula is C26H34N4O4. The van der Waals surface area contributed by atoms with Gasteiger partial charge >= 0.3 is 0 Å². The molecule has 2 fully saturated rings. The quantitative estimate of drug-likeness (QED) is 0.425. The lowest BCUT2D eigenvalue weighted by Crippen LogP contribution is -2.49. The minimum atomic E-state index is -0.399. The first-order chi connectivity index (χ1) is 16.6. The molecule has 1 amide bonds. The van der Waals surface area contributed by atoms with Crippen LogP contribution in [0.2, 0.25) is 0 Å². The first-order valence-corrected chi connectivity index (χ1v) is 12.2. The summed E-state index contributed by atoms with van der Waals surface area (Å²) in [6, 6.07) is 14.6. The Kier molecular flexibility index (Phi) is 8.00. The molecule has 0 atom stereocenters. The number of anilines is 2. The summed E-state index contributed by atoms with van der Waals surface area (Å²) in [6.07, 6.45) is 5.13. The fraction of sp³-hybridized carbons (Fsp3) is 0.500. The summed E-state index contributed by atoms with van der Waals surface area (Å²) in [7, 11) is 1.70. The van der Waals surface area contributed by atoms with Gasteiger partial charge in [-0.2, -0.15) is 0 Å². The van der Waals surface area contributed by atoms with Crippen molar-refractivity contribution in [3.05, 3.63) is 58.6 Å². The van der Waals surface area contributed by atoms with Gasteiger partial charge in [-0.3, -0.25) is 19.8 Å². The summed E-state index contributed by atoms with van der Waals surface area (Å²) >= 11 is 0. The van der Waals surface area contributed by atoms with Crippen LogP contribution in [0.1, 0.15) is 32.1 Å². The Hall–Kier alpha value is -3.13. The van der Waals surface area contributed by atoms with Gasteiger partial charge in [-0.15, -0.1) is 0 Å². The number of nitro groups is 1. The van der Waals surface area contributed by atoms with Crippen LogP contribution in [0.5, 0.6) is 5.75 Å². The molecule has 0 spiro atoms. The van der Waals surface area contributed by atoms with E-state index >= 15 is 0 Å². The molecule has 1 aliphatic carbocycles. The summed E-state index contributed by atoms with van der Waals surface area (Å²) in [5.41, 5.74) is 1.75. The van der Waals surface area contributed by atoms with Gasteiger partial charge in [0.05, 0.1) is 23.4 Å². The number of nitro benzene ring substituents is 1. The van der Waals surface area contributed by atoms with E-state index in [0.29, 0.717) is 12.2 Å².